The maximum absolute atomic E-state index is 4.94. The molecule has 0 spiro atoms. The molecule has 0 fully saturated rings. The maximum Gasteiger partial charge on any atom is 0.109 e. The van der Waals surface area contributed by atoms with Crippen molar-refractivity contribution < 1.29 is 0 Å². The zero-order chi connectivity index (χ0) is 23.8. The van der Waals surface area contributed by atoms with Crippen LogP contribution in [0.25, 0.3) is 53.6 Å². The van der Waals surface area contributed by atoms with Gasteiger partial charge in [-0.05, 0) is 41.7 Å². The summed E-state index contributed by atoms with van der Waals surface area (Å²) in [6, 6.07) is 18.2. The number of hydrogen-bond donors (Lipinski definition) is 2. The number of fused-ring (bicyclic) bond motifs is 8. The van der Waals surface area contributed by atoms with E-state index >= 15 is 0 Å². The minimum atomic E-state index is 0.386. The average molecular weight is 477 g/mol. The summed E-state index contributed by atoms with van der Waals surface area (Å²) in [7, 11) is 0. The van der Waals surface area contributed by atoms with Crippen LogP contribution in [-0.2, 0) is 12.8 Å². The zero-order valence-corrected chi connectivity index (χ0v) is 21.3. The van der Waals surface area contributed by atoms with Gasteiger partial charge in [0.1, 0.15) is 17.2 Å². The van der Waals surface area contributed by atoms with Crippen LogP contribution in [-0.4, -0.2) is 19.9 Å². The molecule has 0 atom stereocenters. The van der Waals surface area contributed by atoms with Crippen LogP contribution in [0, 0.1) is 0 Å². The number of aromatic amines is 2. The van der Waals surface area contributed by atoms with Crippen LogP contribution in [0.2, 0.25) is 0 Å². The van der Waals surface area contributed by atoms with E-state index in [0.717, 1.165) is 41.2 Å². The molecule has 3 aromatic carbocycles. The number of aromatic nitrogens is 4. The third-order valence-corrected chi connectivity index (χ3v) is 8.51. The molecule has 0 saturated carbocycles. The normalized spacial score (nSPS) is 13.4. The Labute approximate surface area is 208 Å². The Balaban J connectivity index is 1.32. The van der Waals surface area contributed by atoms with E-state index in [-0.39, 0.29) is 0 Å². The molecule has 6 aromatic rings. The smallest absolute Gasteiger partial charge is 0.109 e. The summed E-state index contributed by atoms with van der Waals surface area (Å²) < 4.78 is 2.59. The first kappa shape index (κ1) is 20.9. The number of imidazole rings is 2. The third-order valence-electron chi connectivity index (χ3n) is 7.34. The first-order valence-corrected chi connectivity index (χ1v) is 13.3. The summed E-state index contributed by atoms with van der Waals surface area (Å²) in [6.45, 7) is 8.75. The second-order valence-electron chi connectivity index (χ2n) is 10.4. The van der Waals surface area contributed by atoms with Gasteiger partial charge in [-0.1, -0.05) is 64.1 Å². The number of H-pyrrole nitrogens is 2. The van der Waals surface area contributed by atoms with Gasteiger partial charge in [-0.3, -0.25) is 0 Å². The molecule has 35 heavy (non-hydrogen) atoms. The van der Waals surface area contributed by atoms with Crippen LogP contribution in [0.5, 0.6) is 0 Å². The Morgan fingerprint density at radius 1 is 0.771 bits per heavy atom. The second-order valence-corrected chi connectivity index (χ2v) is 11.5. The van der Waals surface area contributed by atoms with Crippen molar-refractivity contribution in [1.82, 2.24) is 19.9 Å². The molecule has 1 aliphatic rings. The number of nitrogens with zero attached hydrogens (tertiary/aromatic N) is 2. The lowest BCUT2D eigenvalue weighted by Gasteiger charge is -2.16. The van der Waals surface area contributed by atoms with E-state index < -0.39 is 0 Å². The van der Waals surface area contributed by atoms with Gasteiger partial charge < -0.3 is 9.97 Å². The zero-order valence-electron chi connectivity index (χ0n) is 20.5. The molecule has 0 unspecified atom stereocenters. The first-order valence-electron chi connectivity index (χ1n) is 12.5. The van der Waals surface area contributed by atoms with Gasteiger partial charge in [-0.25, -0.2) is 9.97 Å². The fourth-order valence-electron chi connectivity index (χ4n) is 5.35. The SMILES string of the molecule is CC(C)c1nc2c([nH]1)CCc1cc(-c3ccc4c(c3)sc3c4ccc4[nH]c(C(C)C)nc43)ccc1-2. The van der Waals surface area contributed by atoms with E-state index in [0.29, 0.717) is 11.8 Å². The highest BCUT2D eigenvalue weighted by Crippen LogP contribution is 2.41. The topological polar surface area (TPSA) is 57.4 Å². The van der Waals surface area contributed by atoms with Crippen LogP contribution in [0.4, 0.5) is 0 Å². The number of aryl methyl sites for hydroxylation is 2. The Bertz CT molecular complexity index is 1760. The molecule has 174 valence electrons. The van der Waals surface area contributed by atoms with Crippen LogP contribution in [0.1, 0.15) is 62.4 Å². The monoisotopic (exact) mass is 476 g/mol. The van der Waals surface area contributed by atoms with Crippen molar-refractivity contribution in [2.75, 3.05) is 0 Å². The van der Waals surface area contributed by atoms with E-state index in [1.807, 2.05) is 11.3 Å². The lowest BCUT2D eigenvalue weighted by Crippen LogP contribution is -2.03. The predicted molar refractivity (Wildman–Crippen MR) is 148 cm³/mol. The molecule has 0 aliphatic heterocycles. The standard InChI is InChI=1S/C30H28N4S/c1-15(2)29-31-23-11-7-19-13-17(5-8-20(19)26(23)33-29)18-6-9-21-22-10-12-24-27(28(22)35-25(21)14-18)34-30(32-24)16(3)4/h5-6,8-10,12-16H,7,11H2,1-4H3,(H,31,33)(H,32,34). The molecule has 0 radical (unpaired) electrons. The molecule has 2 N–H and O–H groups in total. The van der Waals surface area contributed by atoms with Gasteiger partial charge in [0.2, 0.25) is 0 Å². The molecule has 0 bridgehead atoms. The van der Waals surface area contributed by atoms with E-state index in [1.165, 1.54) is 48.1 Å². The lowest BCUT2D eigenvalue weighted by atomic mass is 9.89. The fourth-order valence-corrected chi connectivity index (χ4v) is 6.59. The molecule has 0 saturated heterocycles. The summed E-state index contributed by atoms with van der Waals surface area (Å²) >= 11 is 1.85. The van der Waals surface area contributed by atoms with E-state index in [9.17, 15) is 0 Å². The van der Waals surface area contributed by atoms with Gasteiger partial charge in [0.25, 0.3) is 0 Å². The fraction of sp³-hybridized carbons (Fsp3) is 0.267. The van der Waals surface area contributed by atoms with E-state index in [1.54, 1.807) is 0 Å². The summed E-state index contributed by atoms with van der Waals surface area (Å²) in [6.07, 6.45) is 2.08. The van der Waals surface area contributed by atoms with Crippen molar-refractivity contribution >= 4 is 42.5 Å². The summed E-state index contributed by atoms with van der Waals surface area (Å²) in [5, 5.41) is 2.61. The minimum Gasteiger partial charge on any atom is -0.345 e. The summed E-state index contributed by atoms with van der Waals surface area (Å²) in [4.78, 5) is 16.9. The van der Waals surface area contributed by atoms with Gasteiger partial charge in [-0.15, -0.1) is 11.3 Å². The Morgan fingerprint density at radius 2 is 1.51 bits per heavy atom. The molecule has 7 rings (SSSR count). The Morgan fingerprint density at radius 3 is 2.34 bits per heavy atom. The largest absolute Gasteiger partial charge is 0.345 e. The summed E-state index contributed by atoms with van der Waals surface area (Å²) in [5.74, 6) is 2.95. The molecule has 4 nitrogen and oxygen atoms in total. The summed E-state index contributed by atoms with van der Waals surface area (Å²) in [5.41, 5.74) is 9.87. The van der Waals surface area contributed by atoms with Crippen molar-refractivity contribution in [3.8, 4) is 22.4 Å². The van der Waals surface area contributed by atoms with E-state index in [2.05, 4.69) is 86.2 Å². The molecule has 3 aromatic heterocycles. The lowest BCUT2D eigenvalue weighted by molar-refractivity contribution is 0.787. The molecule has 1 aliphatic carbocycles. The number of thiophene rings is 1. The van der Waals surface area contributed by atoms with Gasteiger partial charge in [0.05, 0.1) is 15.9 Å². The third kappa shape index (κ3) is 3.18. The highest BCUT2D eigenvalue weighted by Gasteiger charge is 2.22. The minimum absolute atomic E-state index is 0.386. The second kappa shape index (κ2) is 7.53. The number of benzene rings is 3. The van der Waals surface area contributed by atoms with Gasteiger partial charge in [0.15, 0.2) is 0 Å². The van der Waals surface area contributed by atoms with Gasteiger partial charge in [-0.2, -0.15) is 0 Å². The van der Waals surface area contributed by atoms with Gasteiger partial charge >= 0.3 is 0 Å². The molecular formula is C30H28N4S. The van der Waals surface area contributed by atoms with Crippen LogP contribution < -0.4 is 0 Å². The first-order chi connectivity index (χ1) is 17.0. The highest BCUT2D eigenvalue weighted by molar-refractivity contribution is 7.26. The molecular weight excluding hydrogens is 448 g/mol. The van der Waals surface area contributed by atoms with Gasteiger partial charge in [0, 0.05) is 38.6 Å². The average Bonchev–Trinajstić information content (AvgIpc) is 3.57. The van der Waals surface area contributed by atoms with Crippen LogP contribution in [0.3, 0.4) is 0 Å². The van der Waals surface area contributed by atoms with Crippen LogP contribution >= 0.6 is 11.3 Å². The molecule has 0 amide bonds. The molecule has 5 heteroatoms. The van der Waals surface area contributed by atoms with Crippen molar-refractivity contribution in [2.45, 2.75) is 52.4 Å². The predicted octanol–water partition coefficient (Wildman–Crippen LogP) is 8.33. The van der Waals surface area contributed by atoms with Crippen molar-refractivity contribution in [3.63, 3.8) is 0 Å². The van der Waals surface area contributed by atoms with Crippen molar-refractivity contribution in [3.05, 3.63) is 71.4 Å². The number of rotatable bonds is 3. The quantitative estimate of drug-likeness (QED) is 0.270. The van der Waals surface area contributed by atoms with Crippen molar-refractivity contribution in [2.24, 2.45) is 0 Å². The highest BCUT2D eigenvalue weighted by atomic mass is 32.1. The Hall–Kier alpha value is -3.44. The van der Waals surface area contributed by atoms with Crippen molar-refractivity contribution in [1.29, 1.82) is 0 Å². The maximum atomic E-state index is 4.94. The van der Waals surface area contributed by atoms with Crippen LogP contribution in [0.15, 0.2) is 48.5 Å². The van der Waals surface area contributed by atoms with E-state index in [4.69, 9.17) is 9.97 Å². The number of hydrogen-bond acceptors (Lipinski definition) is 3. The Kier molecular flexibility index (Phi) is 4.49. The molecule has 3 heterocycles. The number of nitrogens with one attached hydrogen (secondary N) is 2.